The van der Waals surface area contributed by atoms with Crippen molar-refractivity contribution in [1.82, 2.24) is 0 Å². The third-order valence-corrected chi connectivity index (χ3v) is 28.9. The lowest BCUT2D eigenvalue weighted by atomic mass is 10.0. The fourth-order valence-corrected chi connectivity index (χ4v) is 20.8. The number of nitrogens with zero attached hydrogens (tertiary/aromatic N) is 4. The first-order chi connectivity index (χ1) is 68.0. The summed E-state index contributed by atoms with van der Waals surface area (Å²) in [5, 5.41) is 36.8. The van der Waals surface area contributed by atoms with Crippen LogP contribution in [0, 0.1) is 45.3 Å². The summed E-state index contributed by atoms with van der Waals surface area (Å²) in [5.41, 5.74) is 12.5. The van der Waals surface area contributed by atoms with Crippen LogP contribution in [0.3, 0.4) is 0 Å². The lowest BCUT2D eigenvalue weighted by Gasteiger charge is -2.19. The van der Waals surface area contributed by atoms with Gasteiger partial charge in [-0.15, -0.1) is 58.8 Å². The van der Waals surface area contributed by atoms with Crippen molar-refractivity contribution < 1.29 is 47.4 Å². The van der Waals surface area contributed by atoms with E-state index in [-0.39, 0.29) is 14.4 Å². The summed E-state index contributed by atoms with van der Waals surface area (Å²) < 4.78 is 62.8. The van der Waals surface area contributed by atoms with Gasteiger partial charge in [-0.2, -0.15) is 21.0 Å². The second kappa shape index (κ2) is 56.5. The van der Waals surface area contributed by atoms with E-state index in [4.69, 9.17) is 68.4 Å². The van der Waals surface area contributed by atoms with E-state index < -0.39 is 0 Å². The summed E-state index contributed by atoms with van der Waals surface area (Å²) in [4.78, 5) is 5.73. The number of ether oxygens (including phenoxy) is 10. The van der Waals surface area contributed by atoms with Gasteiger partial charge >= 0.3 is 0 Å². The average molecular weight is 1920 g/mol. The van der Waals surface area contributed by atoms with Gasteiger partial charge in [0.1, 0.15) is 70.7 Å². The summed E-state index contributed by atoms with van der Waals surface area (Å²) in [5.74, 6) is 8.51. The van der Waals surface area contributed by atoms with Crippen LogP contribution < -0.4 is 47.4 Å². The zero-order valence-electron chi connectivity index (χ0n) is 78.1. The predicted octanol–water partition coefficient (Wildman–Crippen LogP) is 31.2. The number of hydrogen-bond donors (Lipinski definition) is 0. The molecule has 0 aliphatic carbocycles. The molecule has 14 aromatic rings. The van der Waals surface area contributed by atoms with E-state index in [1.165, 1.54) is 5.56 Å². The van der Waals surface area contributed by atoms with Gasteiger partial charge in [-0.05, 0) is 397 Å². The van der Waals surface area contributed by atoms with Gasteiger partial charge in [-0.1, -0.05) is 109 Å². The maximum atomic E-state index is 9.16. The first kappa shape index (κ1) is 101. The maximum Gasteiger partial charge on any atom is 0.119 e. The Labute approximate surface area is 835 Å². The summed E-state index contributed by atoms with van der Waals surface area (Å²) in [6.45, 7) is 8.47. The Morgan fingerprint density at radius 3 is 0.601 bits per heavy atom. The lowest BCUT2D eigenvalue weighted by Crippen LogP contribution is -2.17. The highest BCUT2D eigenvalue weighted by Crippen LogP contribution is 2.41. The smallest absolute Gasteiger partial charge is 0.119 e. The molecule has 0 bridgehead atoms. The summed E-state index contributed by atoms with van der Waals surface area (Å²) in [6.07, 6.45) is 17.0. The highest BCUT2D eigenvalue weighted by Gasteiger charge is 2.19. The molecule has 14 rings (SSSR count). The normalized spacial score (nSPS) is 11.4. The molecule has 0 aliphatic rings. The number of hydrogen-bond acceptors (Lipinski definition) is 19. The second-order valence-corrected chi connectivity index (χ2v) is 40.7. The number of benzene rings is 14. The summed E-state index contributed by atoms with van der Waals surface area (Å²) in [6, 6.07) is 123. The van der Waals surface area contributed by atoms with Crippen LogP contribution in [0.5, 0.6) is 57.5 Å². The molecule has 702 valence electrons. The van der Waals surface area contributed by atoms with Crippen LogP contribution >= 0.6 is 58.8 Å². The van der Waals surface area contributed by atoms with E-state index in [2.05, 4.69) is 225 Å². The Kier molecular flexibility index (Phi) is 41.2. The van der Waals surface area contributed by atoms with Crippen LogP contribution in [0.15, 0.2) is 364 Å². The number of unbranched alkanes of at least 4 members (excludes halogenated alkanes) is 12. The number of thioether (sulfide) groups is 5. The van der Waals surface area contributed by atoms with Crippen molar-refractivity contribution >= 4 is 58.8 Å². The van der Waals surface area contributed by atoms with E-state index in [9.17, 15) is 0 Å². The van der Waals surface area contributed by atoms with Gasteiger partial charge in [0.15, 0.2) is 0 Å². The molecule has 0 saturated carbocycles. The molecule has 0 N–H and O–H groups in total. The Hall–Kier alpha value is -13.2. The van der Waals surface area contributed by atoms with Crippen molar-refractivity contribution in [3.05, 3.63) is 368 Å². The van der Waals surface area contributed by atoms with Crippen LogP contribution in [0.1, 0.15) is 137 Å². The minimum Gasteiger partial charge on any atom is -0.494 e. The van der Waals surface area contributed by atoms with E-state index >= 15 is 0 Å². The molecule has 2 atom stereocenters. The molecule has 0 heterocycles. The molecule has 14 aromatic carbocycles. The molecule has 138 heavy (non-hydrogen) atoms. The van der Waals surface area contributed by atoms with Gasteiger partial charge in [0.2, 0.25) is 0 Å². The van der Waals surface area contributed by atoms with Crippen LogP contribution in [-0.4, -0.2) is 80.5 Å². The van der Waals surface area contributed by atoms with Gasteiger partial charge in [0.05, 0.1) is 109 Å². The predicted molar refractivity (Wildman–Crippen MR) is 564 cm³/mol. The quantitative estimate of drug-likeness (QED) is 0.0199. The highest BCUT2D eigenvalue weighted by molar-refractivity contribution is 8.17. The van der Waals surface area contributed by atoms with Gasteiger partial charge < -0.3 is 47.4 Å². The zero-order chi connectivity index (χ0) is 95.0. The molecule has 0 fully saturated rings. The molecule has 0 aromatic heterocycles. The summed E-state index contributed by atoms with van der Waals surface area (Å²) >= 11 is 9.04. The van der Waals surface area contributed by atoms with Crippen molar-refractivity contribution in [1.29, 1.82) is 21.0 Å². The van der Waals surface area contributed by atoms with Crippen LogP contribution in [0.25, 0.3) is 44.5 Å². The minimum absolute atomic E-state index is 0.0216. The first-order valence-electron chi connectivity index (χ1n) is 47.7. The van der Waals surface area contributed by atoms with E-state index in [0.29, 0.717) is 88.3 Å². The molecule has 2 unspecified atom stereocenters. The van der Waals surface area contributed by atoms with Crippen molar-refractivity contribution in [3.8, 4) is 126 Å². The molecular formula is C119H116N4O10S5. The Morgan fingerprint density at radius 1 is 0.196 bits per heavy atom. The average Bonchev–Trinajstić information content (AvgIpc) is 0.855. The Bertz CT molecular complexity index is 5400. The van der Waals surface area contributed by atoms with E-state index in [1.807, 2.05) is 181 Å². The molecule has 0 saturated heterocycles. The molecule has 0 aliphatic heterocycles. The summed E-state index contributed by atoms with van der Waals surface area (Å²) in [7, 11) is 0. The van der Waals surface area contributed by atoms with Crippen molar-refractivity contribution in [2.45, 2.75) is 155 Å². The Morgan fingerprint density at radius 2 is 0.377 bits per heavy atom. The molecular weight excluding hydrogens is 1810 g/mol. The third kappa shape index (κ3) is 34.8. The monoisotopic (exact) mass is 1920 g/mol. The fraction of sp³-hybridized carbons (Fsp3) is 0.261. The lowest BCUT2D eigenvalue weighted by molar-refractivity contribution is 0.287. The molecule has 0 spiro atoms. The van der Waals surface area contributed by atoms with E-state index in [0.717, 1.165) is 236 Å². The molecule has 14 nitrogen and oxygen atoms in total. The number of rotatable bonds is 58. The molecule has 0 amide bonds. The first-order valence-corrected chi connectivity index (χ1v) is 52.1. The zero-order valence-corrected chi connectivity index (χ0v) is 82.2. The van der Waals surface area contributed by atoms with E-state index in [1.54, 1.807) is 23.5 Å². The maximum absolute atomic E-state index is 9.16. The van der Waals surface area contributed by atoms with Gasteiger partial charge in [0, 0.05) is 29.7 Å². The third-order valence-electron chi connectivity index (χ3n) is 22.9. The van der Waals surface area contributed by atoms with Crippen molar-refractivity contribution in [3.63, 3.8) is 0 Å². The van der Waals surface area contributed by atoms with Gasteiger partial charge in [-0.25, -0.2) is 0 Å². The van der Waals surface area contributed by atoms with Crippen LogP contribution in [0.4, 0.5) is 0 Å². The van der Waals surface area contributed by atoms with Crippen LogP contribution in [-0.2, 0) is 6.42 Å². The van der Waals surface area contributed by atoms with Gasteiger partial charge in [-0.3, -0.25) is 0 Å². The number of nitriles is 4. The molecule has 0 radical (unpaired) electrons. The van der Waals surface area contributed by atoms with Crippen molar-refractivity contribution in [2.75, 3.05) is 66.1 Å². The Balaban J connectivity index is 0.521. The largest absolute Gasteiger partial charge is 0.494 e. The SMILES string of the molecule is CC(Sc1ccc(OCC(Cc2ccc(OCCCCCCOc3ccc(-c4ccc(C#N)cc4)cc3)cc2)Sc2ccc(OCCCCCCOc3ccc(-c4ccc(C#N)cc4)cc3)cc2)cc1)Sc1ccc(OCC(Sc2ccc(OCCCCCCOc3ccc(-c4ccc(C#N)cc4)cc3)cc2)Sc2ccc(OCCCCCCOc3ccc(-c4ccc(C#N)cc4)cc3)cc2)cc1. The van der Waals surface area contributed by atoms with Crippen molar-refractivity contribution in [2.24, 2.45) is 0 Å². The van der Waals surface area contributed by atoms with Crippen LogP contribution in [0.2, 0.25) is 0 Å². The minimum atomic E-state index is 0.0216. The highest BCUT2D eigenvalue weighted by atomic mass is 32.2. The fourth-order valence-electron chi connectivity index (χ4n) is 15.2. The topological polar surface area (TPSA) is 187 Å². The van der Waals surface area contributed by atoms with Gasteiger partial charge in [0.25, 0.3) is 0 Å². The standard InChI is InChI=1S/C119H116N4O10S5/c1-89(134-113-64-60-111(61-65-113)132-87-118(82-90-26-44-103(45-27-90)124-74-10-2-3-11-75-125-104-46-36-99(37-47-104)95-28-18-91(83-120)19-29-95)136-115-68-54-108(55-69-115)129-79-15-7-4-12-76-126-105-48-38-100(39-49-105)96-30-20-92(84-121)21-31-96)135-114-66-62-112(63-67-114)133-88-119(137-116-70-56-109(57-71-116)130-80-16-8-5-13-77-127-106-50-40-101(41-51-106)97-32-22-93(85-122)23-33-97)138-117-72-58-110(59-73-117)131-81-17-9-6-14-78-128-107-52-42-102(43-53-107)98-34-24-94(86-123)25-35-98/h18-73,89,118-119H,2-17,74-82,87-88H2,1H3. The molecule has 19 heteroatoms. The second-order valence-electron chi connectivity index (χ2n) is 33.3.